The summed E-state index contributed by atoms with van der Waals surface area (Å²) in [6, 6.07) is 26.8. The van der Waals surface area contributed by atoms with E-state index in [1.165, 1.54) is 29.5 Å². The van der Waals surface area contributed by atoms with Crippen molar-refractivity contribution in [2.45, 2.75) is 38.5 Å². The molecule has 4 aromatic rings. The number of aromatic nitrogens is 1. The van der Waals surface area contributed by atoms with Gasteiger partial charge in [-0.1, -0.05) is 71.9 Å². The first-order valence-electron chi connectivity index (χ1n) is 11.2. The molecule has 32 heavy (non-hydrogen) atoms. The number of carbonyl (C=O) groups excluding carboxylic acids is 1. The van der Waals surface area contributed by atoms with Crippen molar-refractivity contribution in [2.24, 2.45) is 0 Å². The number of hydrogen-bond acceptors (Lipinski definition) is 3. The van der Waals surface area contributed by atoms with Gasteiger partial charge in [-0.25, -0.2) is 0 Å². The van der Waals surface area contributed by atoms with Crippen LogP contribution in [0.15, 0.2) is 83.4 Å². The predicted molar refractivity (Wildman–Crippen MR) is 127 cm³/mol. The van der Waals surface area contributed by atoms with Crippen LogP contribution in [0.25, 0.3) is 22.5 Å². The van der Waals surface area contributed by atoms with E-state index in [0.29, 0.717) is 12.8 Å². The average Bonchev–Trinajstić information content (AvgIpc) is 3.61. The van der Waals surface area contributed by atoms with E-state index in [2.05, 4.69) is 59.0 Å². The molecular weight excluding hydrogens is 396 g/mol. The Hall–Kier alpha value is -3.66. The molecule has 0 radical (unpaired) electrons. The number of aryl methyl sites for hydroxylation is 1. The van der Waals surface area contributed by atoms with Crippen molar-refractivity contribution in [3.63, 3.8) is 0 Å². The molecule has 4 heteroatoms. The van der Waals surface area contributed by atoms with Gasteiger partial charge in [-0.3, -0.25) is 4.79 Å². The number of anilines is 1. The van der Waals surface area contributed by atoms with Gasteiger partial charge >= 0.3 is 0 Å². The molecule has 1 saturated carbocycles. The molecule has 0 bridgehead atoms. The number of amides is 1. The van der Waals surface area contributed by atoms with Gasteiger partial charge < -0.3 is 9.84 Å². The Bertz CT molecular complexity index is 1200. The van der Waals surface area contributed by atoms with Crippen LogP contribution in [-0.4, -0.2) is 11.1 Å². The van der Waals surface area contributed by atoms with E-state index >= 15 is 0 Å². The smallest absolute Gasteiger partial charge is 0.224 e. The monoisotopic (exact) mass is 422 g/mol. The van der Waals surface area contributed by atoms with Gasteiger partial charge in [-0.05, 0) is 60.9 Å². The van der Waals surface area contributed by atoms with E-state index in [9.17, 15) is 4.79 Å². The first-order valence-corrected chi connectivity index (χ1v) is 11.2. The van der Waals surface area contributed by atoms with Gasteiger partial charge in [-0.2, -0.15) is 0 Å². The minimum atomic E-state index is -0.0206. The van der Waals surface area contributed by atoms with Crippen molar-refractivity contribution < 1.29 is 9.32 Å². The Morgan fingerprint density at radius 3 is 2.19 bits per heavy atom. The molecule has 1 aliphatic rings. The van der Waals surface area contributed by atoms with Gasteiger partial charge in [0.1, 0.15) is 0 Å². The van der Waals surface area contributed by atoms with Gasteiger partial charge in [0.15, 0.2) is 5.76 Å². The molecule has 1 N–H and O–H groups in total. The third-order valence-corrected chi connectivity index (χ3v) is 6.08. The first kappa shape index (κ1) is 20.3. The van der Waals surface area contributed by atoms with Gasteiger partial charge in [0.2, 0.25) is 5.91 Å². The number of rotatable bonds is 7. The van der Waals surface area contributed by atoms with Crippen molar-refractivity contribution in [2.75, 3.05) is 5.32 Å². The van der Waals surface area contributed by atoms with Crippen LogP contribution in [0.1, 0.15) is 42.0 Å². The van der Waals surface area contributed by atoms with Crippen LogP contribution in [-0.2, 0) is 11.2 Å². The van der Waals surface area contributed by atoms with E-state index in [-0.39, 0.29) is 5.91 Å². The van der Waals surface area contributed by atoms with Crippen molar-refractivity contribution in [3.05, 3.63) is 95.7 Å². The van der Waals surface area contributed by atoms with Gasteiger partial charge in [0.25, 0.3) is 0 Å². The largest absolute Gasteiger partial charge is 0.356 e. The zero-order chi connectivity index (χ0) is 21.9. The second kappa shape index (κ2) is 8.83. The van der Waals surface area contributed by atoms with E-state index < -0.39 is 0 Å². The summed E-state index contributed by atoms with van der Waals surface area (Å²) >= 11 is 0. The Labute approximate surface area is 188 Å². The maximum absolute atomic E-state index is 12.4. The quantitative estimate of drug-likeness (QED) is 0.358. The van der Waals surface area contributed by atoms with E-state index in [1.54, 1.807) is 0 Å². The molecule has 0 spiro atoms. The molecule has 0 unspecified atom stereocenters. The molecule has 1 aliphatic carbocycles. The molecule has 1 fully saturated rings. The lowest BCUT2D eigenvalue weighted by Gasteiger charge is -2.07. The molecule has 1 heterocycles. The number of hydrogen-bond donors (Lipinski definition) is 1. The SMILES string of the molecule is Cc1noc(-c2ccc(-c3ccc(C4CC4)cc3)cc2)c1CCC(=O)Nc1ccccc1. The fourth-order valence-electron chi connectivity index (χ4n) is 4.07. The van der Waals surface area contributed by atoms with Crippen LogP contribution >= 0.6 is 0 Å². The van der Waals surface area contributed by atoms with Crippen molar-refractivity contribution in [1.82, 2.24) is 5.16 Å². The fourth-order valence-corrected chi connectivity index (χ4v) is 4.07. The number of carbonyl (C=O) groups is 1. The Kier molecular flexibility index (Phi) is 5.59. The molecule has 0 aliphatic heterocycles. The molecule has 1 amide bonds. The number of benzene rings is 3. The maximum Gasteiger partial charge on any atom is 0.224 e. The Balaban J connectivity index is 1.28. The molecule has 5 rings (SSSR count). The highest BCUT2D eigenvalue weighted by Gasteiger charge is 2.23. The molecule has 160 valence electrons. The Morgan fingerprint density at radius 2 is 1.53 bits per heavy atom. The maximum atomic E-state index is 12.4. The van der Waals surface area contributed by atoms with Crippen LogP contribution in [0.3, 0.4) is 0 Å². The van der Waals surface area contributed by atoms with E-state index in [0.717, 1.165) is 34.2 Å². The number of para-hydroxylation sites is 1. The van der Waals surface area contributed by atoms with Crippen LogP contribution < -0.4 is 5.32 Å². The highest BCUT2D eigenvalue weighted by atomic mass is 16.5. The second-order valence-corrected chi connectivity index (χ2v) is 8.46. The topological polar surface area (TPSA) is 55.1 Å². The summed E-state index contributed by atoms with van der Waals surface area (Å²) in [5.74, 6) is 1.49. The van der Waals surface area contributed by atoms with Crippen molar-refractivity contribution in [1.29, 1.82) is 0 Å². The van der Waals surface area contributed by atoms with E-state index in [4.69, 9.17) is 4.52 Å². The van der Waals surface area contributed by atoms with Gasteiger partial charge in [0, 0.05) is 23.2 Å². The fraction of sp³-hybridized carbons (Fsp3) is 0.214. The minimum absolute atomic E-state index is 0.0206. The van der Waals surface area contributed by atoms with Crippen molar-refractivity contribution in [3.8, 4) is 22.5 Å². The molecular formula is C28H26N2O2. The summed E-state index contributed by atoms with van der Waals surface area (Å²) in [6.07, 6.45) is 3.59. The average molecular weight is 423 g/mol. The lowest BCUT2D eigenvalue weighted by molar-refractivity contribution is -0.116. The standard InChI is InChI=1S/C28H26N2O2/c1-19-26(17-18-27(31)29-25-5-3-2-4-6-25)28(32-30-19)24-15-13-23(14-16-24)22-11-9-21(10-12-22)20-7-8-20/h2-6,9-16,20H,7-8,17-18H2,1H3,(H,29,31). The summed E-state index contributed by atoms with van der Waals surface area (Å²) in [5, 5.41) is 7.09. The molecule has 3 aromatic carbocycles. The van der Waals surface area contributed by atoms with Crippen LogP contribution in [0.4, 0.5) is 5.69 Å². The third-order valence-electron chi connectivity index (χ3n) is 6.08. The first-order chi connectivity index (χ1) is 15.7. The highest BCUT2D eigenvalue weighted by Crippen LogP contribution is 2.40. The molecule has 1 aromatic heterocycles. The molecule has 4 nitrogen and oxygen atoms in total. The lowest BCUT2D eigenvalue weighted by Crippen LogP contribution is -2.12. The summed E-state index contributed by atoms with van der Waals surface area (Å²) < 4.78 is 5.64. The van der Waals surface area contributed by atoms with Crippen LogP contribution in [0.2, 0.25) is 0 Å². The third kappa shape index (κ3) is 4.50. The minimum Gasteiger partial charge on any atom is -0.356 e. The number of nitrogens with zero attached hydrogens (tertiary/aromatic N) is 1. The van der Waals surface area contributed by atoms with Crippen LogP contribution in [0, 0.1) is 6.92 Å². The zero-order valence-corrected chi connectivity index (χ0v) is 18.2. The lowest BCUT2D eigenvalue weighted by atomic mass is 9.98. The second-order valence-electron chi connectivity index (χ2n) is 8.46. The Morgan fingerprint density at radius 1 is 0.906 bits per heavy atom. The predicted octanol–water partition coefficient (Wildman–Crippen LogP) is 6.77. The van der Waals surface area contributed by atoms with Gasteiger partial charge in [-0.15, -0.1) is 0 Å². The summed E-state index contributed by atoms with van der Waals surface area (Å²) in [6.45, 7) is 1.92. The van der Waals surface area contributed by atoms with Crippen molar-refractivity contribution >= 4 is 11.6 Å². The highest BCUT2D eigenvalue weighted by molar-refractivity contribution is 5.90. The summed E-state index contributed by atoms with van der Waals surface area (Å²) in [5.41, 5.74) is 7.43. The van der Waals surface area contributed by atoms with Gasteiger partial charge in [0.05, 0.1) is 5.69 Å². The van der Waals surface area contributed by atoms with Crippen LogP contribution in [0.5, 0.6) is 0 Å². The normalized spacial score (nSPS) is 13.2. The summed E-state index contributed by atoms with van der Waals surface area (Å²) in [4.78, 5) is 12.4. The molecule has 0 atom stereocenters. The van der Waals surface area contributed by atoms with E-state index in [1.807, 2.05) is 37.3 Å². The molecule has 0 saturated heterocycles. The zero-order valence-electron chi connectivity index (χ0n) is 18.2. The number of nitrogens with one attached hydrogen (secondary N) is 1. The summed E-state index contributed by atoms with van der Waals surface area (Å²) in [7, 11) is 0.